The highest BCUT2D eigenvalue weighted by Gasteiger charge is 2.18. The molecule has 1 fully saturated rings. The molecule has 0 bridgehead atoms. The summed E-state index contributed by atoms with van der Waals surface area (Å²) in [6.07, 6.45) is 7.42. The van der Waals surface area contributed by atoms with Crippen LogP contribution in [0.3, 0.4) is 0 Å². The van der Waals surface area contributed by atoms with E-state index in [1.165, 1.54) is 37.3 Å². The summed E-state index contributed by atoms with van der Waals surface area (Å²) < 4.78 is 13.0. The fourth-order valence-electron chi connectivity index (χ4n) is 2.93. The Morgan fingerprint density at radius 1 is 1.35 bits per heavy atom. The minimum Gasteiger partial charge on any atom is -0.327 e. The highest BCUT2D eigenvalue weighted by atomic mass is 19.1. The molecule has 1 nitrogen and oxygen atoms in total. The van der Waals surface area contributed by atoms with Crippen molar-refractivity contribution in [2.75, 3.05) is 0 Å². The van der Waals surface area contributed by atoms with Crippen LogP contribution in [0.5, 0.6) is 0 Å². The summed E-state index contributed by atoms with van der Waals surface area (Å²) >= 11 is 0. The number of hydrogen-bond donors (Lipinski definition) is 1. The van der Waals surface area contributed by atoms with E-state index in [1.807, 2.05) is 13.0 Å². The molecule has 0 aromatic heterocycles. The lowest BCUT2D eigenvalue weighted by Crippen LogP contribution is -2.25. The molecule has 2 rings (SSSR count). The van der Waals surface area contributed by atoms with Crippen molar-refractivity contribution in [1.82, 2.24) is 0 Å². The normalized spacial score (nSPS) is 18.5. The molecule has 17 heavy (non-hydrogen) atoms. The van der Waals surface area contributed by atoms with E-state index in [1.54, 1.807) is 6.07 Å². The van der Waals surface area contributed by atoms with Crippen LogP contribution >= 0.6 is 0 Å². The molecule has 2 heteroatoms. The van der Waals surface area contributed by atoms with Crippen molar-refractivity contribution in [3.63, 3.8) is 0 Å². The Morgan fingerprint density at radius 3 is 2.71 bits per heavy atom. The maximum atomic E-state index is 13.0. The zero-order chi connectivity index (χ0) is 12.3. The Labute approximate surface area is 103 Å². The first-order chi connectivity index (χ1) is 8.15. The molecule has 1 aliphatic carbocycles. The first-order valence-corrected chi connectivity index (χ1v) is 6.66. The Morgan fingerprint density at radius 2 is 2.06 bits per heavy atom. The molecule has 2 N–H and O–H groups in total. The van der Waals surface area contributed by atoms with Crippen molar-refractivity contribution in [2.45, 2.75) is 51.5 Å². The topological polar surface area (TPSA) is 26.0 Å². The van der Waals surface area contributed by atoms with Crippen LogP contribution in [0.15, 0.2) is 18.2 Å². The van der Waals surface area contributed by atoms with Gasteiger partial charge in [0.15, 0.2) is 0 Å². The molecule has 1 unspecified atom stereocenters. The summed E-state index contributed by atoms with van der Waals surface area (Å²) in [4.78, 5) is 0. The molecular weight excluding hydrogens is 213 g/mol. The standard InChI is InChI=1S/C15H22FN/c1-11-8-14(16)7-6-13(11)10-15(17)9-12-4-2-3-5-12/h6-8,12,15H,2-5,9-10,17H2,1H3. The SMILES string of the molecule is Cc1cc(F)ccc1CC(N)CC1CCCC1. The predicted molar refractivity (Wildman–Crippen MR) is 69.4 cm³/mol. The average molecular weight is 235 g/mol. The van der Waals surface area contributed by atoms with Crippen LogP contribution in [0, 0.1) is 18.7 Å². The summed E-state index contributed by atoms with van der Waals surface area (Å²) in [5, 5.41) is 0. The third-order valence-corrected chi connectivity index (χ3v) is 3.90. The monoisotopic (exact) mass is 235 g/mol. The highest BCUT2D eigenvalue weighted by molar-refractivity contribution is 5.27. The minimum atomic E-state index is -0.157. The summed E-state index contributed by atoms with van der Waals surface area (Å²) in [6.45, 7) is 1.96. The number of hydrogen-bond acceptors (Lipinski definition) is 1. The second-order valence-corrected chi connectivity index (χ2v) is 5.42. The van der Waals surface area contributed by atoms with Crippen molar-refractivity contribution in [3.05, 3.63) is 35.1 Å². The van der Waals surface area contributed by atoms with Crippen molar-refractivity contribution < 1.29 is 4.39 Å². The van der Waals surface area contributed by atoms with Crippen molar-refractivity contribution in [2.24, 2.45) is 11.7 Å². The Kier molecular flexibility index (Phi) is 4.16. The molecule has 0 heterocycles. The second kappa shape index (κ2) is 5.63. The first kappa shape index (κ1) is 12.6. The zero-order valence-electron chi connectivity index (χ0n) is 10.6. The van der Waals surface area contributed by atoms with Crippen molar-refractivity contribution in [3.8, 4) is 0 Å². The first-order valence-electron chi connectivity index (χ1n) is 6.66. The highest BCUT2D eigenvalue weighted by Crippen LogP contribution is 2.29. The number of rotatable bonds is 4. The molecule has 0 saturated heterocycles. The van der Waals surface area contributed by atoms with E-state index in [4.69, 9.17) is 5.73 Å². The predicted octanol–water partition coefficient (Wildman–Crippen LogP) is 3.58. The lowest BCUT2D eigenvalue weighted by atomic mass is 9.93. The largest absolute Gasteiger partial charge is 0.327 e. The Balaban J connectivity index is 1.90. The fourth-order valence-corrected chi connectivity index (χ4v) is 2.93. The van der Waals surface area contributed by atoms with Gasteiger partial charge in [0.05, 0.1) is 0 Å². The lowest BCUT2D eigenvalue weighted by Gasteiger charge is -2.17. The molecule has 1 atom stereocenters. The lowest BCUT2D eigenvalue weighted by molar-refractivity contribution is 0.440. The summed E-state index contributed by atoms with van der Waals surface area (Å²) in [7, 11) is 0. The van der Waals surface area contributed by atoms with Crippen LogP contribution in [-0.4, -0.2) is 6.04 Å². The smallest absolute Gasteiger partial charge is 0.123 e. The maximum Gasteiger partial charge on any atom is 0.123 e. The van der Waals surface area contributed by atoms with Crippen LogP contribution in [-0.2, 0) is 6.42 Å². The number of halogens is 1. The van der Waals surface area contributed by atoms with Crippen molar-refractivity contribution >= 4 is 0 Å². The van der Waals surface area contributed by atoms with Gasteiger partial charge < -0.3 is 5.73 Å². The number of nitrogens with two attached hydrogens (primary N) is 1. The zero-order valence-corrected chi connectivity index (χ0v) is 10.6. The van der Waals surface area contributed by atoms with E-state index in [2.05, 4.69) is 0 Å². The van der Waals surface area contributed by atoms with Crippen molar-refractivity contribution in [1.29, 1.82) is 0 Å². The fraction of sp³-hybridized carbons (Fsp3) is 0.600. The quantitative estimate of drug-likeness (QED) is 0.848. The maximum absolute atomic E-state index is 13.0. The van der Waals surface area contributed by atoms with Gasteiger partial charge in [-0.05, 0) is 48.9 Å². The average Bonchev–Trinajstić information content (AvgIpc) is 2.75. The minimum absolute atomic E-state index is 0.157. The van der Waals surface area contributed by atoms with Crippen LogP contribution < -0.4 is 5.73 Å². The van der Waals surface area contributed by atoms with Crippen LogP contribution in [0.4, 0.5) is 4.39 Å². The summed E-state index contributed by atoms with van der Waals surface area (Å²) in [5.74, 6) is 0.668. The second-order valence-electron chi connectivity index (χ2n) is 5.42. The molecule has 1 aliphatic rings. The van der Waals surface area contributed by atoms with E-state index < -0.39 is 0 Å². The molecular formula is C15H22FN. The van der Waals surface area contributed by atoms with E-state index >= 15 is 0 Å². The van der Waals surface area contributed by atoms with Gasteiger partial charge in [-0.3, -0.25) is 0 Å². The van der Waals surface area contributed by atoms with Gasteiger partial charge >= 0.3 is 0 Å². The van der Waals surface area contributed by atoms with Gasteiger partial charge in [0.25, 0.3) is 0 Å². The van der Waals surface area contributed by atoms with Gasteiger partial charge in [-0.25, -0.2) is 4.39 Å². The molecule has 1 saturated carbocycles. The van der Waals surface area contributed by atoms with Gasteiger partial charge in [-0.1, -0.05) is 31.7 Å². The summed E-state index contributed by atoms with van der Waals surface area (Å²) in [6, 6.07) is 5.23. The molecule has 1 aromatic carbocycles. The third-order valence-electron chi connectivity index (χ3n) is 3.90. The van der Waals surface area contributed by atoms with Crippen LogP contribution in [0.25, 0.3) is 0 Å². The Hall–Kier alpha value is -0.890. The van der Waals surface area contributed by atoms with Gasteiger partial charge in [0.1, 0.15) is 5.82 Å². The third kappa shape index (κ3) is 3.53. The van der Waals surface area contributed by atoms with Gasteiger partial charge in [-0.2, -0.15) is 0 Å². The molecule has 0 spiro atoms. The van der Waals surface area contributed by atoms with E-state index in [-0.39, 0.29) is 11.9 Å². The molecule has 0 amide bonds. The number of benzene rings is 1. The van der Waals surface area contributed by atoms with Gasteiger partial charge in [-0.15, -0.1) is 0 Å². The van der Waals surface area contributed by atoms with Crippen LogP contribution in [0.2, 0.25) is 0 Å². The molecule has 94 valence electrons. The van der Waals surface area contributed by atoms with Gasteiger partial charge in [0.2, 0.25) is 0 Å². The summed E-state index contributed by atoms with van der Waals surface area (Å²) in [5.41, 5.74) is 8.41. The van der Waals surface area contributed by atoms with Crippen LogP contribution in [0.1, 0.15) is 43.2 Å². The van der Waals surface area contributed by atoms with E-state index in [9.17, 15) is 4.39 Å². The molecule has 0 radical (unpaired) electrons. The van der Waals surface area contributed by atoms with Gasteiger partial charge in [0, 0.05) is 6.04 Å². The molecule has 1 aromatic rings. The van der Waals surface area contributed by atoms with E-state index in [0.717, 1.165) is 24.3 Å². The number of aryl methyl sites for hydroxylation is 1. The molecule has 0 aliphatic heterocycles. The van der Waals surface area contributed by atoms with E-state index in [0.29, 0.717) is 0 Å². The Bertz CT molecular complexity index is 369.